The third-order valence-electron chi connectivity index (χ3n) is 4.59. The van der Waals surface area contributed by atoms with Crippen molar-refractivity contribution in [3.05, 3.63) is 15.8 Å². The number of hydrogen-bond acceptors (Lipinski definition) is 5. The standard InChI is InChI=1S/C15H20N2O5S2/c1-9-7-13(10(2)23-9)24(21,22)17-5-3-16(4-6-17)14(18)11-8-12(11)15(19)20/h7,11-12H,3-6,8H2,1-2H3,(H,19,20). The molecular formula is C15H20N2O5S2. The van der Waals surface area contributed by atoms with Gasteiger partial charge in [0.25, 0.3) is 0 Å². The molecular weight excluding hydrogens is 352 g/mol. The second kappa shape index (κ2) is 6.12. The summed E-state index contributed by atoms with van der Waals surface area (Å²) >= 11 is 1.45. The predicted molar refractivity (Wildman–Crippen MR) is 88.4 cm³/mol. The van der Waals surface area contributed by atoms with Crippen LogP contribution in [0.3, 0.4) is 0 Å². The van der Waals surface area contributed by atoms with Gasteiger partial charge in [-0.25, -0.2) is 8.42 Å². The smallest absolute Gasteiger partial charge is 0.307 e. The number of carbonyl (C=O) groups is 2. The monoisotopic (exact) mass is 372 g/mol. The number of aliphatic carboxylic acids is 1. The molecule has 1 saturated carbocycles. The molecule has 2 unspecified atom stereocenters. The Balaban J connectivity index is 1.64. The topological polar surface area (TPSA) is 95.0 Å². The molecule has 1 N–H and O–H groups in total. The fourth-order valence-corrected chi connectivity index (χ4v) is 6.07. The summed E-state index contributed by atoms with van der Waals surface area (Å²) in [6.45, 7) is 4.77. The van der Waals surface area contributed by atoms with Crippen LogP contribution in [-0.2, 0) is 19.6 Å². The summed E-state index contributed by atoms with van der Waals surface area (Å²) in [6, 6.07) is 1.69. The van der Waals surface area contributed by atoms with Crippen LogP contribution in [0.5, 0.6) is 0 Å². The van der Waals surface area contributed by atoms with E-state index >= 15 is 0 Å². The summed E-state index contributed by atoms with van der Waals surface area (Å²) < 4.78 is 26.9. The van der Waals surface area contributed by atoms with E-state index < -0.39 is 27.8 Å². The minimum atomic E-state index is -3.54. The number of rotatable bonds is 4. The first-order valence-electron chi connectivity index (χ1n) is 7.80. The van der Waals surface area contributed by atoms with Crippen LogP contribution in [0.15, 0.2) is 11.0 Å². The van der Waals surface area contributed by atoms with Crippen molar-refractivity contribution in [3.8, 4) is 0 Å². The Bertz CT molecular complexity index is 778. The van der Waals surface area contributed by atoms with Crippen LogP contribution in [0.1, 0.15) is 16.2 Å². The van der Waals surface area contributed by atoms with E-state index in [4.69, 9.17) is 5.11 Å². The number of nitrogens with zero attached hydrogens (tertiary/aromatic N) is 2. The Morgan fingerprint density at radius 1 is 1.17 bits per heavy atom. The van der Waals surface area contributed by atoms with E-state index in [2.05, 4.69) is 0 Å². The SMILES string of the molecule is Cc1cc(S(=O)(=O)N2CCN(C(=O)C3CC3C(=O)O)CC2)c(C)s1. The lowest BCUT2D eigenvalue weighted by Crippen LogP contribution is -2.51. The molecule has 132 valence electrons. The van der Waals surface area contributed by atoms with Crippen molar-refractivity contribution in [1.29, 1.82) is 0 Å². The number of piperazine rings is 1. The molecule has 1 aliphatic carbocycles. The maximum Gasteiger partial charge on any atom is 0.307 e. The molecule has 7 nitrogen and oxygen atoms in total. The van der Waals surface area contributed by atoms with Crippen molar-refractivity contribution in [2.75, 3.05) is 26.2 Å². The zero-order chi connectivity index (χ0) is 17.6. The molecule has 2 heterocycles. The third kappa shape index (κ3) is 3.07. The quantitative estimate of drug-likeness (QED) is 0.848. The van der Waals surface area contributed by atoms with E-state index in [0.29, 0.717) is 24.4 Å². The van der Waals surface area contributed by atoms with E-state index in [0.717, 1.165) is 9.75 Å². The molecule has 1 amide bonds. The summed E-state index contributed by atoms with van der Waals surface area (Å²) in [6.07, 6.45) is 0.389. The number of sulfonamides is 1. The molecule has 0 aromatic carbocycles. The molecule has 2 atom stereocenters. The Hall–Kier alpha value is -1.45. The zero-order valence-corrected chi connectivity index (χ0v) is 15.2. The van der Waals surface area contributed by atoms with Gasteiger partial charge >= 0.3 is 5.97 Å². The number of thiophene rings is 1. The first-order valence-corrected chi connectivity index (χ1v) is 10.1. The molecule has 9 heteroatoms. The van der Waals surface area contributed by atoms with E-state index in [1.807, 2.05) is 6.92 Å². The summed E-state index contributed by atoms with van der Waals surface area (Å²) in [5.74, 6) is -2.11. The van der Waals surface area contributed by atoms with Crippen molar-refractivity contribution >= 4 is 33.2 Å². The lowest BCUT2D eigenvalue weighted by atomic mass is 10.2. The fraction of sp³-hybridized carbons (Fsp3) is 0.600. The largest absolute Gasteiger partial charge is 0.481 e. The maximum absolute atomic E-state index is 12.7. The molecule has 2 aliphatic rings. The van der Waals surface area contributed by atoms with Crippen molar-refractivity contribution < 1.29 is 23.1 Å². The Morgan fingerprint density at radius 3 is 2.25 bits per heavy atom. The third-order valence-corrected chi connectivity index (χ3v) is 7.71. The van der Waals surface area contributed by atoms with E-state index in [1.165, 1.54) is 15.6 Å². The number of hydrogen-bond donors (Lipinski definition) is 1. The second-order valence-corrected chi connectivity index (χ2v) is 9.66. The van der Waals surface area contributed by atoms with Crippen LogP contribution in [0.25, 0.3) is 0 Å². The highest BCUT2D eigenvalue weighted by atomic mass is 32.2. The molecule has 1 aromatic heterocycles. The Labute approximate surface area is 144 Å². The van der Waals surface area contributed by atoms with Crippen LogP contribution >= 0.6 is 11.3 Å². The van der Waals surface area contributed by atoms with Gasteiger partial charge in [0.1, 0.15) is 0 Å². The van der Waals surface area contributed by atoms with Gasteiger partial charge in [-0.2, -0.15) is 4.31 Å². The molecule has 2 fully saturated rings. The van der Waals surface area contributed by atoms with Gasteiger partial charge < -0.3 is 10.0 Å². The van der Waals surface area contributed by atoms with E-state index in [-0.39, 0.29) is 19.0 Å². The van der Waals surface area contributed by atoms with Gasteiger partial charge in [0.2, 0.25) is 15.9 Å². The fourth-order valence-electron chi connectivity index (χ4n) is 3.13. The van der Waals surface area contributed by atoms with Crippen LogP contribution in [0, 0.1) is 25.7 Å². The summed E-state index contributed by atoms with van der Waals surface area (Å²) in [7, 11) is -3.54. The molecule has 1 aromatic rings. The Morgan fingerprint density at radius 2 is 1.79 bits per heavy atom. The average molecular weight is 372 g/mol. The summed E-state index contributed by atoms with van der Waals surface area (Å²) in [5.41, 5.74) is 0. The lowest BCUT2D eigenvalue weighted by Gasteiger charge is -2.34. The number of carboxylic acid groups (broad SMARTS) is 1. The highest BCUT2D eigenvalue weighted by molar-refractivity contribution is 7.89. The van der Waals surface area contributed by atoms with Gasteiger partial charge in [-0.15, -0.1) is 11.3 Å². The molecule has 24 heavy (non-hydrogen) atoms. The van der Waals surface area contributed by atoms with Crippen molar-refractivity contribution in [3.63, 3.8) is 0 Å². The average Bonchev–Trinajstić information content (AvgIpc) is 3.25. The van der Waals surface area contributed by atoms with Gasteiger partial charge in [0.05, 0.1) is 16.7 Å². The van der Waals surface area contributed by atoms with Crippen molar-refractivity contribution in [2.24, 2.45) is 11.8 Å². The van der Waals surface area contributed by atoms with Crippen LogP contribution < -0.4 is 0 Å². The normalized spacial score (nSPS) is 24.8. The molecule has 1 saturated heterocycles. The minimum Gasteiger partial charge on any atom is -0.481 e. The van der Waals surface area contributed by atoms with Crippen LogP contribution in [0.4, 0.5) is 0 Å². The minimum absolute atomic E-state index is 0.165. The number of amides is 1. The first kappa shape index (κ1) is 17.4. The van der Waals surface area contributed by atoms with Gasteiger partial charge in [0, 0.05) is 35.9 Å². The van der Waals surface area contributed by atoms with Gasteiger partial charge in [-0.3, -0.25) is 9.59 Å². The van der Waals surface area contributed by atoms with Gasteiger partial charge in [0.15, 0.2) is 0 Å². The van der Waals surface area contributed by atoms with Crippen LogP contribution in [0.2, 0.25) is 0 Å². The molecule has 0 bridgehead atoms. The summed E-state index contributed by atoms with van der Waals surface area (Å²) in [4.78, 5) is 26.8. The number of aryl methyl sites for hydroxylation is 2. The first-order chi connectivity index (χ1) is 11.2. The van der Waals surface area contributed by atoms with Gasteiger partial charge in [-0.05, 0) is 26.3 Å². The maximum atomic E-state index is 12.7. The molecule has 0 radical (unpaired) electrons. The van der Waals surface area contributed by atoms with Crippen LogP contribution in [-0.4, -0.2) is 60.8 Å². The van der Waals surface area contributed by atoms with E-state index in [1.54, 1.807) is 17.9 Å². The predicted octanol–water partition coefficient (Wildman–Crippen LogP) is 0.919. The molecule has 1 aliphatic heterocycles. The molecule has 0 spiro atoms. The highest BCUT2D eigenvalue weighted by Gasteiger charge is 2.50. The lowest BCUT2D eigenvalue weighted by molar-refractivity contribution is -0.142. The summed E-state index contributed by atoms with van der Waals surface area (Å²) in [5, 5.41) is 8.92. The van der Waals surface area contributed by atoms with Gasteiger partial charge in [-0.1, -0.05) is 0 Å². The second-order valence-electron chi connectivity index (χ2n) is 6.29. The Kier molecular flexibility index (Phi) is 4.43. The van der Waals surface area contributed by atoms with Crippen molar-refractivity contribution in [1.82, 2.24) is 9.21 Å². The van der Waals surface area contributed by atoms with E-state index in [9.17, 15) is 18.0 Å². The highest BCUT2D eigenvalue weighted by Crippen LogP contribution is 2.40. The zero-order valence-electron chi connectivity index (χ0n) is 13.6. The van der Waals surface area contributed by atoms with Crippen molar-refractivity contribution in [2.45, 2.75) is 25.2 Å². The number of carboxylic acids is 1. The molecule has 3 rings (SSSR count). The number of carbonyl (C=O) groups excluding carboxylic acids is 1.